The second-order valence-corrected chi connectivity index (χ2v) is 5.87. The van der Waals surface area contributed by atoms with Gasteiger partial charge >= 0.3 is 6.03 Å². The lowest BCUT2D eigenvalue weighted by molar-refractivity contribution is 0.122. The number of aliphatic hydroxyl groups excluding tert-OH is 1. The van der Waals surface area contributed by atoms with Crippen LogP contribution in [0.2, 0.25) is 0 Å². The topological polar surface area (TPSA) is 61.4 Å². The Kier molecular flexibility index (Phi) is 4.65. The van der Waals surface area contributed by atoms with E-state index in [0.29, 0.717) is 0 Å². The molecule has 1 aliphatic carbocycles. The molecule has 0 radical (unpaired) electrons. The number of hydrogen-bond donors (Lipinski definition) is 3. The van der Waals surface area contributed by atoms with Crippen molar-refractivity contribution in [1.82, 2.24) is 5.32 Å². The number of rotatable bonds is 4. The summed E-state index contributed by atoms with van der Waals surface area (Å²) in [5.41, 5.74) is 1.79. The summed E-state index contributed by atoms with van der Waals surface area (Å²) in [6.07, 6.45) is 3.82. The van der Waals surface area contributed by atoms with Gasteiger partial charge in [-0.2, -0.15) is 0 Å². The van der Waals surface area contributed by atoms with E-state index < -0.39 is 0 Å². The van der Waals surface area contributed by atoms with Crippen LogP contribution >= 0.6 is 0 Å². The Labute approximate surface area is 120 Å². The van der Waals surface area contributed by atoms with Gasteiger partial charge in [-0.1, -0.05) is 38.5 Å². The standard InChI is InChI=1S/C16H24N2O2/c1-3-12-7-4-5-8-13(12)17-15(20)18-14-9-6-10-16(14,2)11-19/h4-5,7-8,14,19H,3,6,9-11H2,1-2H3,(H2,17,18,20). The van der Waals surface area contributed by atoms with Crippen LogP contribution in [0.25, 0.3) is 0 Å². The summed E-state index contributed by atoms with van der Waals surface area (Å²) in [6.45, 7) is 4.21. The third-order valence-electron chi connectivity index (χ3n) is 4.39. The molecule has 2 unspecified atom stereocenters. The first-order valence-corrected chi connectivity index (χ1v) is 7.35. The average Bonchev–Trinajstić information content (AvgIpc) is 2.81. The largest absolute Gasteiger partial charge is 0.396 e. The maximum absolute atomic E-state index is 12.1. The van der Waals surface area contributed by atoms with E-state index in [-0.39, 0.29) is 24.1 Å². The Hall–Kier alpha value is -1.55. The minimum atomic E-state index is -0.193. The number of urea groups is 1. The third-order valence-corrected chi connectivity index (χ3v) is 4.39. The molecule has 0 heterocycles. The molecule has 2 rings (SSSR count). The van der Waals surface area contributed by atoms with E-state index in [4.69, 9.17) is 0 Å². The Bertz CT molecular complexity index is 475. The Morgan fingerprint density at radius 2 is 2.20 bits per heavy atom. The number of carbonyl (C=O) groups is 1. The van der Waals surface area contributed by atoms with Crippen LogP contribution in [0.3, 0.4) is 0 Å². The van der Waals surface area contributed by atoms with Gasteiger partial charge in [-0.15, -0.1) is 0 Å². The maximum Gasteiger partial charge on any atom is 0.319 e. The Balaban J connectivity index is 1.99. The first kappa shape index (κ1) is 14.9. The molecule has 1 fully saturated rings. The lowest BCUT2D eigenvalue weighted by atomic mass is 9.86. The number of anilines is 1. The fourth-order valence-electron chi connectivity index (χ4n) is 2.94. The zero-order valence-electron chi connectivity index (χ0n) is 12.3. The lowest BCUT2D eigenvalue weighted by Crippen LogP contribution is -2.46. The summed E-state index contributed by atoms with van der Waals surface area (Å²) < 4.78 is 0. The van der Waals surface area contributed by atoms with Crippen molar-refractivity contribution in [1.29, 1.82) is 0 Å². The van der Waals surface area contributed by atoms with E-state index in [2.05, 4.69) is 17.6 Å². The van der Waals surface area contributed by atoms with Crippen LogP contribution in [0.5, 0.6) is 0 Å². The highest BCUT2D eigenvalue weighted by Crippen LogP contribution is 2.37. The Morgan fingerprint density at radius 1 is 1.45 bits per heavy atom. The van der Waals surface area contributed by atoms with E-state index in [1.165, 1.54) is 0 Å². The van der Waals surface area contributed by atoms with Gasteiger partial charge in [0.25, 0.3) is 0 Å². The van der Waals surface area contributed by atoms with Gasteiger partial charge in [0.1, 0.15) is 0 Å². The molecule has 20 heavy (non-hydrogen) atoms. The van der Waals surface area contributed by atoms with Gasteiger partial charge in [-0.3, -0.25) is 0 Å². The number of aryl methyl sites for hydroxylation is 1. The van der Waals surface area contributed by atoms with E-state index in [1.54, 1.807) is 0 Å². The van der Waals surface area contributed by atoms with Crippen LogP contribution < -0.4 is 10.6 Å². The number of para-hydroxylation sites is 1. The second kappa shape index (κ2) is 6.27. The summed E-state index contributed by atoms with van der Waals surface area (Å²) in [4.78, 5) is 12.1. The molecule has 0 spiro atoms. The number of carbonyl (C=O) groups excluding carboxylic acids is 1. The Morgan fingerprint density at radius 3 is 2.90 bits per heavy atom. The molecule has 0 aromatic heterocycles. The van der Waals surface area contributed by atoms with Crippen LogP contribution in [0.4, 0.5) is 10.5 Å². The summed E-state index contributed by atoms with van der Waals surface area (Å²) in [5.74, 6) is 0. The van der Waals surface area contributed by atoms with Crippen LogP contribution in [0.1, 0.15) is 38.7 Å². The van der Waals surface area contributed by atoms with Crippen molar-refractivity contribution in [2.45, 2.75) is 45.6 Å². The van der Waals surface area contributed by atoms with Crippen molar-refractivity contribution in [3.8, 4) is 0 Å². The smallest absolute Gasteiger partial charge is 0.319 e. The molecule has 1 aromatic rings. The first-order valence-electron chi connectivity index (χ1n) is 7.35. The van der Waals surface area contributed by atoms with Gasteiger partial charge in [0.2, 0.25) is 0 Å². The zero-order valence-corrected chi connectivity index (χ0v) is 12.3. The van der Waals surface area contributed by atoms with Crippen molar-refractivity contribution >= 4 is 11.7 Å². The predicted octanol–water partition coefficient (Wildman–Crippen LogP) is 2.92. The van der Waals surface area contributed by atoms with E-state index in [0.717, 1.165) is 36.9 Å². The molecular formula is C16H24N2O2. The number of amides is 2. The molecular weight excluding hydrogens is 252 g/mol. The normalized spacial score (nSPS) is 25.4. The fraction of sp³-hybridized carbons (Fsp3) is 0.562. The number of hydrogen-bond acceptors (Lipinski definition) is 2. The van der Waals surface area contributed by atoms with Crippen LogP contribution in [0.15, 0.2) is 24.3 Å². The quantitative estimate of drug-likeness (QED) is 0.792. The molecule has 2 amide bonds. The molecule has 110 valence electrons. The third kappa shape index (κ3) is 3.12. The molecule has 3 N–H and O–H groups in total. The minimum Gasteiger partial charge on any atom is -0.396 e. The molecule has 1 aliphatic rings. The molecule has 4 nitrogen and oxygen atoms in total. The molecule has 0 bridgehead atoms. The van der Waals surface area contributed by atoms with Crippen molar-refractivity contribution in [3.05, 3.63) is 29.8 Å². The molecule has 4 heteroatoms. The zero-order chi connectivity index (χ0) is 14.6. The van der Waals surface area contributed by atoms with Gasteiger partial charge in [0.15, 0.2) is 0 Å². The fourth-order valence-corrected chi connectivity index (χ4v) is 2.94. The molecule has 1 aromatic carbocycles. The highest BCUT2D eigenvalue weighted by Gasteiger charge is 2.39. The minimum absolute atomic E-state index is 0.0429. The van der Waals surface area contributed by atoms with E-state index >= 15 is 0 Å². The average molecular weight is 276 g/mol. The number of aliphatic hydroxyl groups is 1. The van der Waals surface area contributed by atoms with Crippen LogP contribution in [-0.4, -0.2) is 23.8 Å². The van der Waals surface area contributed by atoms with Gasteiger partial charge < -0.3 is 15.7 Å². The van der Waals surface area contributed by atoms with Crippen molar-refractivity contribution < 1.29 is 9.90 Å². The second-order valence-electron chi connectivity index (χ2n) is 5.87. The van der Waals surface area contributed by atoms with Gasteiger partial charge in [0, 0.05) is 17.1 Å². The van der Waals surface area contributed by atoms with Gasteiger partial charge in [-0.05, 0) is 30.9 Å². The molecule has 0 aliphatic heterocycles. The number of nitrogens with one attached hydrogen (secondary N) is 2. The van der Waals surface area contributed by atoms with Crippen LogP contribution in [-0.2, 0) is 6.42 Å². The van der Waals surface area contributed by atoms with Gasteiger partial charge in [-0.25, -0.2) is 4.79 Å². The monoisotopic (exact) mass is 276 g/mol. The lowest BCUT2D eigenvalue weighted by Gasteiger charge is -2.30. The van der Waals surface area contributed by atoms with E-state index in [1.807, 2.05) is 31.2 Å². The molecule has 0 saturated heterocycles. The summed E-state index contributed by atoms with van der Waals surface area (Å²) in [5, 5.41) is 15.4. The summed E-state index contributed by atoms with van der Waals surface area (Å²) in [6, 6.07) is 7.68. The highest BCUT2D eigenvalue weighted by molar-refractivity contribution is 5.90. The van der Waals surface area contributed by atoms with Gasteiger partial charge in [0.05, 0.1) is 6.61 Å². The first-order chi connectivity index (χ1) is 9.59. The van der Waals surface area contributed by atoms with Crippen LogP contribution in [0, 0.1) is 5.41 Å². The molecule has 2 atom stereocenters. The highest BCUT2D eigenvalue weighted by atomic mass is 16.3. The van der Waals surface area contributed by atoms with Crippen molar-refractivity contribution in [2.75, 3.05) is 11.9 Å². The SMILES string of the molecule is CCc1ccccc1NC(=O)NC1CCCC1(C)CO. The van der Waals surface area contributed by atoms with Crippen molar-refractivity contribution in [3.63, 3.8) is 0 Å². The predicted molar refractivity (Wildman–Crippen MR) is 80.8 cm³/mol. The molecule has 1 saturated carbocycles. The summed E-state index contributed by atoms with van der Waals surface area (Å²) in [7, 11) is 0. The van der Waals surface area contributed by atoms with Crippen molar-refractivity contribution in [2.24, 2.45) is 5.41 Å². The number of benzene rings is 1. The summed E-state index contributed by atoms with van der Waals surface area (Å²) >= 11 is 0. The maximum atomic E-state index is 12.1. The van der Waals surface area contributed by atoms with E-state index in [9.17, 15) is 9.90 Å².